The van der Waals surface area contributed by atoms with E-state index in [9.17, 15) is 0 Å². The van der Waals surface area contributed by atoms with Gasteiger partial charge < -0.3 is 0 Å². The van der Waals surface area contributed by atoms with E-state index in [2.05, 4.69) is 105 Å². The van der Waals surface area contributed by atoms with Crippen molar-refractivity contribution in [1.82, 2.24) is 15.0 Å². The van der Waals surface area contributed by atoms with Crippen LogP contribution in [0.2, 0.25) is 0 Å². The van der Waals surface area contributed by atoms with E-state index in [4.69, 9.17) is 15.0 Å². The molecule has 0 radical (unpaired) electrons. The van der Waals surface area contributed by atoms with Gasteiger partial charge in [-0.05, 0) is 50.6 Å². The van der Waals surface area contributed by atoms with Crippen molar-refractivity contribution in [3.05, 3.63) is 163 Å². The molecule has 0 spiro atoms. The Kier molecular flexibility index (Phi) is 6.46. The van der Waals surface area contributed by atoms with Crippen molar-refractivity contribution in [2.24, 2.45) is 0 Å². The third-order valence-corrected chi connectivity index (χ3v) is 8.93. The van der Waals surface area contributed by atoms with Gasteiger partial charge in [0.1, 0.15) is 0 Å². The number of nitrogens with zero attached hydrogens (tertiary/aromatic N) is 3. The van der Waals surface area contributed by atoms with Crippen LogP contribution >= 0.6 is 0 Å². The summed E-state index contributed by atoms with van der Waals surface area (Å²) >= 11 is 0. The molecule has 6 aromatic carbocycles. The van der Waals surface area contributed by atoms with Crippen LogP contribution in [-0.4, -0.2) is 15.0 Å². The highest BCUT2D eigenvalue weighted by atomic mass is 15.0. The molecule has 0 fully saturated rings. The smallest absolute Gasteiger partial charge is 0.164 e. The van der Waals surface area contributed by atoms with E-state index in [-0.39, 0.29) is 5.41 Å². The van der Waals surface area contributed by atoms with E-state index in [0.29, 0.717) is 17.5 Å². The van der Waals surface area contributed by atoms with Gasteiger partial charge in [-0.15, -0.1) is 0 Å². The van der Waals surface area contributed by atoms with Gasteiger partial charge in [0.05, 0.1) is 0 Å². The molecule has 3 nitrogen and oxygen atoms in total. The molecule has 0 unspecified atom stereocenters. The van der Waals surface area contributed by atoms with Crippen molar-refractivity contribution < 1.29 is 0 Å². The molecule has 0 amide bonds. The first-order valence-corrected chi connectivity index (χ1v) is 15.4. The minimum Gasteiger partial charge on any atom is -0.208 e. The first kappa shape index (κ1) is 26.9. The molecule has 3 heteroatoms. The number of fused-ring (bicyclic) bond motifs is 3. The second-order valence-corrected chi connectivity index (χ2v) is 12.1. The van der Waals surface area contributed by atoms with Crippen molar-refractivity contribution in [1.29, 1.82) is 0 Å². The first-order chi connectivity index (χ1) is 22.1. The maximum Gasteiger partial charge on any atom is 0.164 e. The van der Waals surface area contributed by atoms with Crippen LogP contribution in [0, 0.1) is 0 Å². The maximum absolute atomic E-state index is 4.93. The van der Waals surface area contributed by atoms with E-state index in [1.54, 1.807) is 0 Å². The zero-order valence-electron chi connectivity index (χ0n) is 25.3. The average molecular weight is 578 g/mol. The van der Waals surface area contributed by atoms with Crippen LogP contribution in [-0.2, 0) is 5.41 Å². The highest BCUT2D eigenvalue weighted by Gasteiger charge is 2.37. The summed E-state index contributed by atoms with van der Waals surface area (Å²) in [5, 5.41) is 0. The lowest BCUT2D eigenvalue weighted by molar-refractivity contribution is 0.662. The summed E-state index contributed by atoms with van der Waals surface area (Å²) in [6.07, 6.45) is 0. The quantitative estimate of drug-likeness (QED) is 0.204. The number of aromatic nitrogens is 3. The van der Waals surface area contributed by atoms with Crippen LogP contribution in [0.15, 0.2) is 152 Å². The van der Waals surface area contributed by atoms with Gasteiger partial charge in [-0.2, -0.15) is 0 Å². The van der Waals surface area contributed by atoms with Crippen LogP contribution in [0.4, 0.5) is 0 Å². The molecule has 1 aliphatic rings. The lowest BCUT2D eigenvalue weighted by Crippen LogP contribution is -2.16. The first-order valence-electron chi connectivity index (χ1n) is 15.4. The molecule has 0 aliphatic heterocycles. The van der Waals surface area contributed by atoms with Gasteiger partial charge in [-0.1, -0.05) is 159 Å². The van der Waals surface area contributed by atoms with Gasteiger partial charge in [-0.3, -0.25) is 0 Å². The molecule has 214 valence electrons. The van der Waals surface area contributed by atoms with Crippen LogP contribution < -0.4 is 0 Å². The summed E-state index contributed by atoms with van der Waals surface area (Å²) in [4.78, 5) is 14.7. The predicted octanol–water partition coefficient (Wildman–Crippen LogP) is 10.5. The SMILES string of the molecule is CC1(C)c2ccccc2-c2cccc(-c3ccc(-c4cccc(-c5nc(-c6ccccc6)nc(-c6ccccc6)n5)c4)cc3)c21. The van der Waals surface area contributed by atoms with Crippen molar-refractivity contribution in [3.63, 3.8) is 0 Å². The molecule has 0 saturated heterocycles. The summed E-state index contributed by atoms with van der Waals surface area (Å²) in [6, 6.07) is 53.1. The molecule has 0 N–H and O–H groups in total. The Hall–Kier alpha value is -5.67. The normalized spacial score (nSPS) is 12.8. The van der Waals surface area contributed by atoms with Gasteiger partial charge in [0.2, 0.25) is 0 Å². The fraction of sp³-hybridized carbons (Fsp3) is 0.0714. The summed E-state index contributed by atoms with van der Waals surface area (Å²) in [5.74, 6) is 1.98. The Morgan fingerprint density at radius 1 is 0.356 bits per heavy atom. The van der Waals surface area contributed by atoms with E-state index in [1.807, 2.05) is 60.7 Å². The Bertz CT molecular complexity index is 2110. The van der Waals surface area contributed by atoms with Crippen LogP contribution in [0.25, 0.3) is 67.5 Å². The third kappa shape index (κ3) is 4.74. The van der Waals surface area contributed by atoms with Gasteiger partial charge >= 0.3 is 0 Å². The third-order valence-electron chi connectivity index (χ3n) is 8.93. The lowest BCUT2D eigenvalue weighted by Gasteiger charge is -2.24. The molecular weight excluding hydrogens is 546 g/mol. The van der Waals surface area contributed by atoms with Crippen LogP contribution in [0.3, 0.4) is 0 Å². The highest BCUT2D eigenvalue weighted by Crippen LogP contribution is 2.52. The minimum absolute atomic E-state index is 0.0583. The largest absolute Gasteiger partial charge is 0.208 e. The lowest BCUT2D eigenvalue weighted by atomic mass is 9.79. The summed E-state index contributed by atoms with van der Waals surface area (Å²) < 4.78 is 0. The van der Waals surface area contributed by atoms with E-state index < -0.39 is 0 Å². The fourth-order valence-electron chi connectivity index (χ4n) is 6.71. The van der Waals surface area contributed by atoms with Gasteiger partial charge in [0.15, 0.2) is 17.5 Å². The molecule has 45 heavy (non-hydrogen) atoms. The van der Waals surface area contributed by atoms with Crippen molar-refractivity contribution >= 4 is 0 Å². The second kappa shape index (κ2) is 10.8. The Labute approximate surface area is 264 Å². The van der Waals surface area contributed by atoms with Gasteiger partial charge in [-0.25, -0.2) is 15.0 Å². The second-order valence-electron chi connectivity index (χ2n) is 12.1. The number of hydrogen-bond donors (Lipinski definition) is 0. The number of hydrogen-bond acceptors (Lipinski definition) is 3. The minimum atomic E-state index is -0.0583. The summed E-state index contributed by atoms with van der Waals surface area (Å²) in [5.41, 5.74) is 13.1. The molecule has 1 heterocycles. The zero-order chi connectivity index (χ0) is 30.4. The Morgan fingerprint density at radius 3 is 1.49 bits per heavy atom. The molecule has 0 saturated carbocycles. The Balaban J connectivity index is 1.17. The van der Waals surface area contributed by atoms with Crippen molar-refractivity contribution in [3.8, 4) is 67.5 Å². The van der Waals surface area contributed by atoms with E-state index in [1.165, 1.54) is 33.4 Å². The molecule has 7 aromatic rings. The summed E-state index contributed by atoms with van der Waals surface area (Å²) in [7, 11) is 0. The zero-order valence-corrected chi connectivity index (χ0v) is 25.3. The average Bonchev–Trinajstić information content (AvgIpc) is 3.35. The predicted molar refractivity (Wildman–Crippen MR) is 185 cm³/mol. The number of benzene rings is 6. The Morgan fingerprint density at radius 2 is 0.822 bits per heavy atom. The van der Waals surface area contributed by atoms with Gasteiger partial charge in [0, 0.05) is 22.1 Å². The van der Waals surface area contributed by atoms with Crippen LogP contribution in [0.5, 0.6) is 0 Å². The topological polar surface area (TPSA) is 38.7 Å². The van der Waals surface area contributed by atoms with Crippen LogP contribution in [0.1, 0.15) is 25.0 Å². The summed E-state index contributed by atoms with van der Waals surface area (Å²) in [6.45, 7) is 4.68. The van der Waals surface area contributed by atoms with Crippen molar-refractivity contribution in [2.75, 3.05) is 0 Å². The highest BCUT2D eigenvalue weighted by molar-refractivity contribution is 5.88. The molecule has 1 aromatic heterocycles. The molecule has 8 rings (SSSR count). The van der Waals surface area contributed by atoms with Crippen molar-refractivity contribution in [2.45, 2.75) is 19.3 Å². The van der Waals surface area contributed by atoms with E-state index >= 15 is 0 Å². The monoisotopic (exact) mass is 577 g/mol. The fourth-order valence-corrected chi connectivity index (χ4v) is 6.71. The van der Waals surface area contributed by atoms with Gasteiger partial charge in [0.25, 0.3) is 0 Å². The maximum atomic E-state index is 4.93. The molecule has 1 aliphatic carbocycles. The number of rotatable bonds is 5. The standard InChI is InChI=1S/C42H31N3/c1-42(2)37-22-10-9-19-35(37)36-21-12-20-34(38(36)42)29-25-23-28(24-26-29)32-17-11-18-33(27-32)41-44-39(30-13-5-3-6-14-30)43-40(45-41)31-15-7-4-8-16-31/h3-27H,1-2H3. The molecule has 0 atom stereocenters. The molecule has 0 bridgehead atoms. The van der Waals surface area contributed by atoms with E-state index in [0.717, 1.165) is 27.8 Å². The molecular formula is C42H31N3.